The van der Waals surface area contributed by atoms with Crippen LogP contribution < -0.4 is 0 Å². The Morgan fingerprint density at radius 1 is 0.136 bits per heavy atom. The van der Waals surface area contributed by atoms with Gasteiger partial charge in [0.05, 0.1) is 52.9 Å². The van der Waals surface area contributed by atoms with Crippen LogP contribution in [0, 0.1) is 0 Å². The first-order valence-corrected chi connectivity index (χ1v) is 28.1. The van der Waals surface area contributed by atoms with Crippen LogP contribution in [0.15, 0.2) is 0 Å². The molecule has 0 spiro atoms. The number of fused-ring (bicyclic) bond motifs is 1. The zero-order valence-electron chi connectivity index (χ0n) is 46.0. The van der Waals surface area contributed by atoms with Crippen LogP contribution in [0.2, 0.25) is 0 Å². The van der Waals surface area contributed by atoms with Crippen molar-refractivity contribution < 1.29 is 198 Å². The third-order valence-electron chi connectivity index (χ3n) is 16.9. The molecule has 0 aromatic heterocycles. The fourth-order valence-corrected chi connectivity index (χ4v) is 11.9. The van der Waals surface area contributed by atoms with Crippen LogP contribution in [0.5, 0.6) is 0 Å². The summed E-state index contributed by atoms with van der Waals surface area (Å²) in [7, 11) is 0. The number of hydrogen-bond acceptors (Lipinski definition) is 40. The summed E-state index contributed by atoms with van der Waals surface area (Å²) in [5.41, 5.74) is 0. The van der Waals surface area contributed by atoms with Gasteiger partial charge in [-0.15, -0.1) is 0 Å². The maximum atomic E-state index is 11.6. The molecule has 512 valence electrons. The van der Waals surface area contributed by atoms with Gasteiger partial charge in [-0.2, -0.15) is 0 Å². The molecular formula is C48H80O40. The highest BCUT2D eigenvalue weighted by molar-refractivity contribution is 5.02. The summed E-state index contributed by atoms with van der Waals surface area (Å²) in [5.74, 6) is 0. The van der Waals surface area contributed by atoms with Gasteiger partial charge in [0.2, 0.25) is 0 Å². The van der Waals surface area contributed by atoms with Crippen molar-refractivity contribution >= 4 is 0 Å². The van der Waals surface area contributed by atoms with Gasteiger partial charge in [0.1, 0.15) is 195 Å². The van der Waals surface area contributed by atoms with Crippen LogP contribution in [0.1, 0.15) is 0 Å². The highest BCUT2D eigenvalue weighted by Gasteiger charge is 2.60. The van der Waals surface area contributed by atoms with Crippen molar-refractivity contribution in [1.82, 2.24) is 0 Å². The fraction of sp³-hybridized carbons (Fsp3) is 1.00. The largest absolute Gasteiger partial charge is 0.394 e. The van der Waals surface area contributed by atoms with Gasteiger partial charge < -0.3 is 198 Å². The number of rotatable bonds is 8. The molecule has 24 N–H and O–H groups in total. The molecule has 19 aliphatic rings. The Morgan fingerprint density at radius 2 is 0.273 bits per heavy atom. The predicted molar refractivity (Wildman–Crippen MR) is 261 cm³/mol. The SMILES string of the molecule is OCC1O[C@H]2O[C@@H]3C(CO)O[C@H](O[C@@H]4C(CO)O[C@H](O[C@@H]5C(CO)O[C@H](O[C@@H]6C(CO)O[C@H](O[C@@H]7C(CO)O[C@@H](O[C@@H]8C(CO)O[C@H](O[C@@H]9C(CO)O[C@H](O[C@H](C2O)[C@@H]1O)C(O)[C@H]9O)C(O)[C@H]8O)C(O)[C@H]7O)C(O)[C@H]6O)C(O)[C@H]5O)C(O)[C@H]4O)C(O)[C@H]3O. The number of ether oxygens (including phenoxy) is 16. The summed E-state index contributed by atoms with van der Waals surface area (Å²) in [4.78, 5) is 0. The monoisotopic (exact) mass is 1300 g/mol. The van der Waals surface area contributed by atoms with E-state index in [1.165, 1.54) is 0 Å². The molecule has 0 saturated carbocycles. The highest BCUT2D eigenvalue weighted by atomic mass is 16.8. The van der Waals surface area contributed by atoms with E-state index < -0.39 is 299 Å². The lowest BCUT2D eigenvalue weighted by molar-refractivity contribution is -0.399. The molecule has 19 rings (SSSR count). The summed E-state index contributed by atoms with van der Waals surface area (Å²) in [6.07, 6.45) is -82.4. The van der Waals surface area contributed by atoms with Crippen LogP contribution in [-0.4, -0.2) is 421 Å². The molecule has 19 fully saturated rings. The molecule has 0 amide bonds. The van der Waals surface area contributed by atoms with E-state index in [4.69, 9.17) is 75.8 Å². The minimum atomic E-state index is -2.29. The van der Waals surface area contributed by atoms with Gasteiger partial charge in [-0.05, 0) is 0 Å². The summed E-state index contributed by atoms with van der Waals surface area (Å²) < 4.78 is 91.1. The molecule has 40 heteroatoms. The Morgan fingerprint density at radius 3 is 0.432 bits per heavy atom. The average molecular weight is 1300 g/mol. The topological polar surface area (TPSA) is 633 Å². The second kappa shape index (κ2) is 30.0. The van der Waals surface area contributed by atoms with Gasteiger partial charge in [0, 0.05) is 0 Å². The molecule has 0 aliphatic carbocycles. The first kappa shape index (κ1) is 70.7. The van der Waals surface area contributed by atoms with E-state index in [0.717, 1.165) is 0 Å². The predicted octanol–water partition coefficient (Wildman–Crippen LogP) is -17.4. The van der Waals surface area contributed by atoms with Crippen molar-refractivity contribution in [2.45, 2.75) is 246 Å². The second-order valence-electron chi connectivity index (χ2n) is 22.5. The van der Waals surface area contributed by atoms with Gasteiger partial charge in [0.25, 0.3) is 0 Å². The van der Waals surface area contributed by atoms with Crippen LogP contribution in [0.25, 0.3) is 0 Å². The molecular weight excluding hydrogens is 1220 g/mol. The molecule has 16 unspecified atom stereocenters. The van der Waals surface area contributed by atoms with Crippen molar-refractivity contribution in [2.24, 2.45) is 0 Å². The molecule has 19 heterocycles. The lowest BCUT2D eigenvalue weighted by Crippen LogP contribution is -2.68. The van der Waals surface area contributed by atoms with E-state index in [2.05, 4.69) is 0 Å². The fourth-order valence-electron chi connectivity index (χ4n) is 11.9. The van der Waals surface area contributed by atoms with Crippen molar-refractivity contribution in [1.29, 1.82) is 0 Å². The van der Waals surface area contributed by atoms with E-state index >= 15 is 0 Å². The summed E-state index contributed by atoms with van der Waals surface area (Å²) in [6, 6.07) is 0. The lowest BCUT2D eigenvalue weighted by atomic mass is 9.95. The van der Waals surface area contributed by atoms with E-state index in [0.29, 0.717) is 0 Å². The van der Waals surface area contributed by atoms with E-state index in [1.54, 1.807) is 0 Å². The molecule has 19 saturated heterocycles. The van der Waals surface area contributed by atoms with Gasteiger partial charge in [0.15, 0.2) is 50.3 Å². The Labute approximate surface area is 496 Å². The third kappa shape index (κ3) is 13.8. The molecule has 0 aromatic carbocycles. The normalized spacial score (nSPS) is 55.4. The van der Waals surface area contributed by atoms with Crippen LogP contribution >= 0.6 is 0 Å². The third-order valence-corrected chi connectivity index (χ3v) is 16.9. The Bertz CT molecular complexity index is 2140. The van der Waals surface area contributed by atoms with Crippen LogP contribution in [0.3, 0.4) is 0 Å². The highest BCUT2D eigenvalue weighted by Crippen LogP contribution is 2.40. The van der Waals surface area contributed by atoms with Crippen LogP contribution in [0.4, 0.5) is 0 Å². The van der Waals surface area contributed by atoms with Crippen molar-refractivity contribution in [3.63, 3.8) is 0 Å². The summed E-state index contributed by atoms with van der Waals surface area (Å²) >= 11 is 0. The molecule has 16 bridgehead atoms. The minimum Gasteiger partial charge on any atom is -0.394 e. The second-order valence-corrected chi connectivity index (χ2v) is 22.5. The lowest BCUT2D eigenvalue weighted by Gasteiger charge is -2.50. The Hall–Kier alpha value is -1.60. The quantitative estimate of drug-likeness (QED) is 0.107. The van der Waals surface area contributed by atoms with E-state index in [9.17, 15) is 123 Å². The molecule has 19 aliphatic heterocycles. The molecule has 0 aromatic rings. The zero-order valence-corrected chi connectivity index (χ0v) is 46.0. The molecule has 40 nitrogen and oxygen atoms in total. The first-order chi connectivity index (χ1) is 41.9. The first-order valence-electron chi connectivity index (χ1n) is 28.1. The average Bonchev–Trinajstić information content (AvgIpc) is 1.70. The maximum Gasteiger partial charge on any atom is 0.187 e. The molecule has 0 radical (unpaired) electrons. The number of aliphatic hydroxyl groups is 24. The minimum absolute atomic E-state index is 1.05. The summed E-state index contributed by atoms with van der Waals surface area (Å²) in [5, 5.41) is 265. The van der Waals surface area contributed by atoms with Gasteiger partial charge in [-0.1, -0.05) is 0 Å². The summed E-state index contributed by atoms with van der Waals surface area (Å²) in [6.45, 7) is -8.67. The van der Waals surface area contributed by atoms with Crippen molar-refractivity contribution in [3.05, 3.63) is 0 Å². The van der Waals surface area contributed by atoms with E-state index in [-0.39, 0.29) is 0 Å². The van der Waals surface area contributed by atoms with Crippen molar-refractivity contribution in [2.75, 3.05) is 52.9 Å². The zero-order chi connectivity index (χ0) is 64.1. The van der Waals surface area contributed by atoms with Crippen LogP contribution in [-0.2, 0) is 75.8 Å². The standard InChI is InChI=1S/C48H80O40/c49-1-9-17(57)40-32(72)48(73-9)87-39-16(8-56)79-46(30(70)23(39)63)85-37-14(6-54)77-44(28(68)21(37)61)83-35-12(4-52)75-42(26(66)19(35)59)81-33-10(2-50)74-41(25(65)18(33)58)82-34-11(3-51)76-43(27(67)20(34)60)84-36-13(5-53)78-45(29(69)22(36)62)86-38-15(7-55)80-47(88-40)31(71)24(38)64/h9-72H,1-8H2/t9?,10?,11?,12?,13?,14?,15?,16?,17-,18-,19-,20-,21-,22-,23-,24-,25?,26?,27?,28?,29?,30?,31?,32?,33-,34-,35-,36-,37-,38-,39-,40+,41-,42-,43+,44-,45-,46-,47-,48+/m1/s1. The van der Waals surface area contributed by atoms with Crippen molar-refractivity contribution in [3.8, 4) is 0 Å². The molecule has 88 heavy (non-hydrogen) atoms. The van der Waals surface area contributed by atoms with Gasteiger partial charge in [-0.25, -0.2) is 0 Å². The Balaban J connectivity index is 0.990. The molecule has 40 atom stereocenters. The smallest absolute Gasteiger partial charge is 0.187 e. The Kier molecular flexibility index (Phi) is 24.1. The number of aliphatic hydroxyl groups excluding tert-OH is 24. The van der Waals surface area contributed by atoms with Gasteiger partial charge >= 0.3 is 0 Å². The maximum absolute atomic E-state index is 11.6. The van der Waals surface area contributed by atoms with Gasteiger partial charge in [-0.3, -0.25) is 0 Å². The number of hydrogen-bond donors (Lipinski definition) is 24. The van der Waals surface area contributed by atoms with E-state index in [1.807, 2.05) is 0 Å².